The molecule has 4 N–H and O–H groups in total. The smallest absolute Gasteiger partial charge is 0.250 e. The molecular weight excluding hydrogens is 490 g/mol. The fourth-order valence-electron chi connectivity index (χ4n) is 6.19. The lowest BCUT2D eigenvalue weighted by Gasteiger charge is -2.29. The molecule has 0 saturated carbocycles. The number of nitriles is 1. The number of nitrogens with one attached hydrogen (secondary N) is 2. The molecule has 9 nitrogen and oxygen atoms in total. The van der Waals surface area contributed by atoms with E-state index in [1.807, 2.05) is 0 Å². The number of anilines is 2. The molecule has 6 rings (SSSR count). The Morgan fingerprint density at radius 2 is 2.03 bits per heavy atom. The highest BCUT2D eigenvalue weighted by atomic mass is 35.5. The number of rotatable bonds is 3. The molecule has 2 saturated heterocycles. The third-order valence-electron chi connectivity index (χ3n) is 7.57. The highest BCUT2D eigenvalue weighted by molar-refractivity contribution is 7.17. The maximum atomic E-state index is 14.0. The van der Waals surface area contributed by atoms with Crippen LogP contribution in [0.25, 0.3) is 0 Å². The number of primary amides is 1. The van der Waals surface area contributed by atoms with Crippen molar-refractivity contribution in [1.82, 2.24) is 5.32 Å². The van der Waals surface area contributed by atoms with E-state index in [-0.39, 0.29) is 6.42 Å². The Labute approximate surface area is 209 Å². The maximum Gasteiger partial charge on any atom is 0.250 e. The number of carbonyl (C=O) groups excluding carboxylic acids is 4. The Balaban J connectivity index is 1.53. The first-order valence-corrected chi connectivity index (χ1v) is 12.6. The highest BCUT2D eigenvalue weighted by Gasteiger charge is 2.71. The monoisotopic (exact) mass is 509 g/mol. The van der Waals surface area contributed by atoms with Gasteiger partial charge >= 0.3 is 0 Å². The summed E-state index contributed by atoms with van der Waals surface area (Å²) in [5, 5.41) is 16.5. The van der Waals surface area contributed by atoms with E-state index in [0.717, 1.165) is 41.0 Å². The van der Waals surface area contributed by atoms with Crippen molar-refractivity contribution in [3.05, 3.63) is 44.8 Å². The van der Waals surface area contributed by atoms with E-state index in [9.17, 15) is 24.4 Å². The Morgan fingerprint density at radius 3 is 2.77 bits per heavy atom. The Morgan fingerprint density at radius 1 is 1.26 bits per heavy atom. The summed E-state index contributed by atoms with van der Waals surface area (Å²) in [5.74, 6) is -4.38. The molecule has 2 aromatic rings. The van der Waals surface area contributed by atoms with Gasteiger partial charge in [0.15, 0.2) is 0 Å². The van der Waals surface area contributed by atoms with Crippen LogP contribution in [0.4, 0.5) is 10.7 Å². The van der Waals surface area contributed by atoms with Crippen molar-refractivity contribution >= 4 is 57.3 Å². The SMILES string of the molecule is N#Cc1c(N2C(=O)[C@H]3[C@@H](C2=O)[C@@]2(N[C@@H]3CC(N)=O)C(=O)Nc3ccc(Cl)cc32)sc2c1CCCC2. The summed E-state index contributed by atoms with van der Waals surface area (Å²) in [6.07, 6.45) is 3.21. The van der Waals surface area contributed by atoms with E-state index < -0.39 is 47.0 Å². The number of thiophene rings is 1. The summed E-state index contributed by atoms with van der Waals surface area (Å²) in [6, 6.07) is 6.22. The number of hydrogen-bond donors (Lipinski definition) is 3. The molecule has 178 valence electrons. The van der Waals surface area contributed by atoms with Crippen molar-refractivity contribution in [3.63, 3.8) is 0 Å². The van der Waals surface area contributed by atoms with Crippen LogP contribution in [0, 0.1) is 23.2 Å². The molecule has 4 aliphatic rings. The predicted octanol–water partition coefficient (Wildman–Crippen LogP) is 1.95. The van der Waals surface area contributed by atoms with Crippen LogP contribution in [-0.4, -0.2) is 29.7 Å². The molecule has 3 aliphatic heterocycles. The third-order valence-corrected chi connectivity index (χ3v) is 9.08. The van der Waals surface area contributed by atoms with Crippen LogP contribution in [0.5, 0.6) is 0 Å². The minimum absolute atomic E-state index is 0.231. The van der Waals surface area contributed by atoms with Gasteiger partial charge in [0.05, 0.1) is 17.4 Å². The lowest BCUT2D eigenvalue weighted by Crippen LogP contribution is -2.53. The van der Waals surface area contributed by atoms with Gasteiger partial charge in [0.25, 0.3) is 0 Å². The van der Waals surface area contributed by atoms with Crippen molar-refractivity contribution < 1.29 is 19.2 Å². The summed E-state index contributed by atoms with van der Waals surface area (Å²) >= 11 is 7.54. The van der Waals surface area contributed by atoms with Gasteiger partial charge in [-0.05, 0) is 49.4 Å². The van der Waals surface area contributed by atoms with E-state index in [0.29, 0.717) is 26.8 Å². The number of nitrogens with zero attached hydrogens (tertiary/aromatic N) is 2. The molecule has 2 fully saturated rings. The zero-order chi connectivity index (χ0) is 24.6. The minimum Gasteiger partial charge on any atom is -0.370 e. The number of imide groups is 1. The summed E-state index contributed by atoms with van der Waals surface area (Å²) in [6.45, 7) is 0. The Hall–Kier alpha value is -3.26. The van der Waals surface area contributed by atoms with Crippen LogP contribution in [0.15, 0.2) is 18.2 Å². The van der Waals surface area contributed by atoms with Gasteiger partial charge in [0, 0.05) is 33.6 Å². The third kappa shape index (κ3) is 2.89. The van der Waals surface area contributed by atoms with Crippen LogP contribution in [0.1, 0.15) is 40.8 Å². The molecule has 1 aromatic heterocycles. The maximum absolute atomic E-state index is 14.0. The van der Waals surface area contributed by atoms with Gasteiger partial charge in [0.1, 0.15) is 16.6 Å². The second-order valence-electron chi connectivity index (χ2n) is 9.39. The first-order chi connectivity index (χ1) is 16.8. The largest absolute Gasteiger partial charge is 0.370 e. The number of benzene rings is 1. The topological polar surface area (TPSA) is 145 Å². The lowest BCUT2D eigenvalue weighted by atomic mass is 9.76. The quantitative estimate of drug-likeness (QED) is 0.539. The summed E-state index contributed by atoms with van der Waals surface area (Å²) in [4.78, 5) is 55.3. The molecule has 35 heavy (non-hydrogen) atoms. The molecular formula is C24H20ClN5O4S. The van der Waals surface area contributed by atoms with Gasteiger partial charge in [-0.3, -0.25) is 24.5 Å². The zero-order valence-electron chi connectivity index (χ0n) is 18.4. The van der Waals surface area contributed by atoms with Crippen molar-refractivity contribution in [2.24, 2.45) is 17.6 Å². The molecule has 0 bridgehead atoms. The molecule has 11 heteroatoms. The molecule has 4 heterocycles. The molecule has 1 aliphatic carbocycles. The first kappa shape index (κ1) is 22.2. The molecule has 4 amide bonds. The highest BCUT2D eigenvalue weighted by Crippen LogP contribution is 2.55. The minimum atomic E-state index is -1.59. The van der Waals surface area contributed by atoms with E-state index >= 15 is 0 Å². The van der Waals surface area contributed by atoms with Gasteiger partial charge in [-0.2, -0.15) is 5.26 Å². The van der Waals surface area contributed by atoms with Crippen LogP contribution in [0.3, 0.4) is 0 Å². The van der Waals surface area contributed by atoms with Gasteiger partial charge in [-0.25, -0.2) is 4.90 Å². The zero-order valence-corrected chi connectivity index (χ0v) is 20.0. The number of fused-ring (bicyclic) bond motifs is 5. The number of nitrogens with two attached hydrogens (primary N) is 1. The average molecular weight is 510 g/mol. The number of aryl methyl sites for hydroxylation is 1. The second kappa shape index (κ2) is 7.62. The van der Waals surface area contributed by atoms with Crippen molar-refractivity contribution in [1.29, 1.82) is 5.26 Å². The molecule has 0 radical (unpaired) electrons. The summed E-state index contributed by atoms with van der Waals surface area (Å²) in [7, 11) is 0. The lowest BCUT2D eigenvalue weighted by molar-refractivity contribution is -0.130. The standard InChI is InChI=1S/C24H20ClN5O4S/c25-10-5-6-14-13(7-10)24(23(34)28-14)19-18(15(29-24)8-17(27)31)20(32)30(21(19)33)22-12(9-26)11-3-1-2-4-16(11)35-22/h5-7,15,18-19,29H,1-4,8H2,(H2,27,31)(H,28,34)/t15-,18-,19+,24-/m1/s1. The molecule has 0 unspecified atom stereocenters. The van der Waals surface area contributed by atoms with Gasteiger partial charge in [-0.1, -0.05) is 11.6 Å². The van der Waals surface area contributed by atoms with E-state index in [4.69, 9.17) is 17.3 Å². The fraction of sp³-hybridized carbons (Fsp3) is 0.375. The van der Waals surface area contributed by atoms with Crippen LogP contribution < -0.4 is 21.3 Å². The van der Waals surface area contributed by atoms with Crippen molar-refractivity contribution in [3.8, 4) is 6.07 Å². The van der Waals surface area contributed by atoms with Crippen LogP contribution in [-0.2, 0) is 37.6 Å². The van der Waals surface area contributed by atoms with Crippen LogP contribution in [0.2, 0.25) is 5.02 Å². The molecule has 1 aromatic carbocycles. The predicted molar refractivity (Wildman–Crippen MR) is 128 cm³/mol. The normalized spacial score (nSPS) is 28.6. The van der Waals surface area contributed by atoms with Crippen LogP contribution >= 0.6 is 22.9 Å². The first-order valence-electron chi connectivity index (χ1n) is 11.4. The van der Waals surface area contributed by atoms with E-state index in [2.05, 4.69) is 16.7 Å². The van der Waals surface area contributed by atoms with Gasteiger partial charge in [-0.15, -0.1) is 11.3 Å². The van der Waals surface area contributed by atoms with Crippen molar-refractivity contribution in [2.75, 3.05) is 10.2 Å². The summed E-state index contributed by atoms with van der Waals surface area (Å²) in [5.41, 5.74) is 6.07. The number of amides is 4. The Bertz CT molecular complexity index is 1400. The van der Waals surface area contributed by atoms with Gasteiger partial charge < -0.3 is 11.1 Å². The second-order valence-corrected chi connectivity index (χ2v) is 10.9. The summed E-state index contributed by atoms with van der Waals surface area (Å²) < 4.78 is 0. The number of halogens is 1. The van der Waals surface area contributed by atoms with E-state index in [1.165, 1.54) is 11.3 Å². The number of carbonyl (C=O) groups is 4. The molecule has 4 atom stereocenters. The van der Waals surface area contributed by atoms with Gasteiger partial charge in [0.2, 0.25) is 23.6 Å². The van der Waals surface area contributed by atoms with Crippen molar-refractivity contribution in [2.45, 2.75) is 43.7 Å². The molecule has 1 spiro atoms. The average Bonchev–Trinajstić information content (AvgIpc) is 3.50. The Kier molecular flexibility index (Phi) is 4.84. The van der Waals surface area contributed by atoms with E-state index in [1.54, 1.807) is 18.2 Å². The fourth-order valence-corrected chi connectivity index (χ4v) is 7.71. The number of hydrogen-bond acceptors (Lipinski definition) is 7.